The molecular formula is C17H21N5O2. The molecule has 1 saturated heterocycles. The summed E-state index contributed by atoms with van der Waals surface area (Å²) in [5.41, 5.74) is 7.76. The summed E-state index contributed by atoms with van der Waals surface area (Å²) in [5.74, 6) is -0.408. The number of carbonyl (C=O) groups is 2. The first-order chi connectivity index (χ1) is 11.4. The number of fused-ring (bicyclic) bond motifs is 1. The Bertz CT molecular complexity index is 802. The van der Waals surface area contributed by atoms with Crippen molar-refractivity contribution in [3.63, 3.8) is 0 Å². The SMILES string of the molecule is CC(C)C(=O)NC1CN(c2cnc3[nH]cc(/C=C/C(N)=O)c3c2)C1. The highest BCUT2D eigenvalue weighted by Gasteiger charge is 2.29. The first-order valence-corrected chi connectivity index (χ1v) is 7.94. The largest absolute Gasteiger partial charge is 0.366 e. The third kappa shape index (κ3) is 3.24. The molecule has 0 unspecified atom stereocenters. The number of hydrogen-bond acceptors (Lipinski definition) is 4. The summed E-state index contributed by atoms with van der Waals surface area (Å²) in [6.45, 7) is 5.30. The molecule has 7 heteroatoms. The maximum Gasteiger partial charge on any atom is 0.241 e. The molecule has 0 spiro atoms. The van der Waals surface area contributed by atoms with Crippen molar-refractivity contribution >= 4 is 34.6 Å². The lowest BCUT2D eigenvalue weighted by atomic mass is 10.1. The van der Waals surface area contributed by atoms with Crippen LogP contribution in [-0.2, 0) is 9.59 Å². The summed E-state index contributed by atoms with van der Waals surface area (Å²) in [5, 5.41) is 3.95. The number of rotatable bonds is 5. The highest BCUT2D eigenvalue weighted by molar-refractivity contribution is 5.95. The number of aromatic nitrogens is 2. The summed E-state index contributed by atoms with van der Waals surface area (Å²) in [6.07, 6.45) is 6.61. The zero-order valence-electron chi connectivity index (χ0n) is 13.7. The van der Waals surface area contributed by atoms with E-state index in [1.54, 1.807) is 18.5 Å². The van der Waals surface area contributed by atoms with Gasteiger partial charge in [-0.1, -0.05) is 13.8 Å². The van der Waals surface area contributed by atoms with E-state index < -0.39 is 5.91 Å². The Kier molecular flexibility index (Phi) is 4.24. The topological polar surface area (TPSA) is 104 Å². The van der Waals surface area contributed by atoms with Crippen molar-refractivity contribution in [3.8, 4) is 0 Å². The molecule has 24 heavy (non-hydrogen) atoms. The predicted octanol–water partition coefficient (Wildman–Crippen LogP) is 1.02. The lowest BCUT2D eigenvalue weighted by Gasteiger charge is -2.41. The van der Waals surface area contributed by atoms with Crippen LogP contribution in [0.25, 0.3) is 17.1 Å². The molecular weight excluding hydrogens is 306 g/mol. The van der Waals surface area contributed by atoms with Crippen LogP contribution in [0.4, 0.5) is 5.69 Å². The fraction of sp³-hybridized carbons (Fsp3) is 0.353. The summed E-state index contributed by atoms with van der Waals surface area (Å²) < 4.78 is 0. The van der Waals surface area contributed by atoms with Gasteiger partial charge in [-0.25, -0.2) is 4.98 Å². The maximum absolute atomic E-state index is 11.7. The van der Waals surface area contributed by atoms with Gasteiger partial charge < -0.3 is 20.9 Å². The number of nitrogens with one attached hydrogen (secondary N) is 2. The number of hydrogen-bond donors (Lipinski definition) is 3. The van der Waals surface area contributed by atoms with E-state index in [9.17, 15) is 9.59 Å². The molecule has 1 aliphatic heterocycles. The molecule has 3 heterocycles. The van der Waals surface area contributed by atoms with Crippen molar-refractivity contribution in [1.29, 1.82) is 0 Å². The van der Waals surface area contributed by atoms with Crippen LogP contribution in [0, 0.1) is 5.92 Å². The molecule has 2 aromatic rings. The highest BCUT2D eigenvalue weighted by atomic mass is 16.2. The standard InChI is InChI=1S/C17H21N5O2/c1-10(2)17(24)21-12-8-22(9-12)13-5-14-11(3-4-15(18)23)6-19-16(14)20-7-13/h3-7,10,12H,8-9H2,1-2H3,(H2,18,23)(H,19,20)(H,21,24)/b4-3+. The molecule has 0 aromatic carbocycles. The Morgan fingerprint density at radius 2 is 2.21 bits per heavy atom. The second kappa shape index (κ2) is 6.35. The fourth-order valence-corrected chi connectivity index (χ4v) is 2.64. The van der Waals surface area contributed by atoms with Gasteiger partial charge >= 0.3 is 0 Å². The third-order valence-corrected chi connectivity index (χ3v) is 4.09. The van der Waals surface area contributed by atoms with Crippen molar-refractivity contribution < 1.29 is 9.59 Å². The van der Waals surface area contributed by atoms with Crippen LogP contribution in [0.15, 0.2) is 24.5 Å². The number of anilines is 1. The van der Waals surface area contributed by atoms with Crippen LogP contribution in [0.5, 0.6) is 0 Å². The molecule has 2 aromatic heterocycles. The van der Waals surface area contributed by atoms with Gasteiger partial charge in [0, 0.05) is 42.2 Å². The molecule has 0 saturated carbocycles. The van der Waals surface area contributed by atoms with E-state index in [0.717, 1.165) is 35.4 Å². The molecule has 3 rings (SSSR count). The third-order valence-electron chi connectivity index (χ3n) is 4.09. The number of amides is 2. The molecule has 2 amide bonds. The van der Waals surface area contributed by atoms with E-state index >= 15 is 0 Å². The minimum Gasteiger partial charge on any atom is -0.366 e. The summed E-state index contributed by atoms with van der Waals surface area (Å²) in [4.78, 5) is 32.3. The van der Waals surface area contributed by atoms with Gasteiger partial charge in [-0.3, -0.25) is 9.59 Å². The summed E-state index contributed by atoms with van der Waals surface area (Å²) in [7, 11) is 0. The predicted molar refractivity (Wildman–Crippen MR) is 93.3 cm³/mol. The van der Waals surface area contributed by atoms with Crippen LogP contribution >= 0.6 is 0 Å². The van der Waals surface area contributed by atoms with Crippen LogP contribution in [-0.4, -0.2) is 40.9 Å². The minimum atomic E-state index is -0.486. The van der Waals surface area contributed by atoms with Gasteiger partial charge in [-0.05, 0) is 12.1 Å². The first kappa shape index (κ1) is 16.0. The Labute approximate surface area is 139 Å². The zero-order chi connectivity index (χ0) is 17.3. The molecule has 4 N–H and O–H groups in total. The average Bonchev–Trinajstić information content (AvgIpc) is 2.90. The number of aromatic amines is 1. The number of nitrogens with two attached hydrogens (primary N) is 1. The van der Waals surface area contributed by atoms with Crippen LogP contribution < -0.4 is 16.0 Å². The van der Waals surface area contributed by atoms with E-state index in [1.165, 1.54) is 6.08 Å². The normalized spacial score (nSPS) is 15.2. The summed E-state index contributed by atoms with van der Waals surface area (Å²) >= 11 is 0. The quantitative estimate of drug-likeness (QED) is 0.713. The van der Waals surface area contributed by atoms with Gasteiger partial charge in [0.2, 0.25) is 11.8 Å². The van der Waals surface area contributed by atoms with Gasteiger partial charge in [-0.2, -0.15) is 0 Å². The van der Waals surface area contributed by atoms with E-state index in [1.807, 2.05) is 19.9 Å². The van der Waals surface area contributed by atoms with Crippen LogP contribution in [0.1, 0.15) is 19.4 Å². The number of nitrogens with zero attached hydrogens (tertiary/aromatic N) is 2. The zero-order valence-corrected chi connectivity index (χ0v) is 13.7. The van der Waals surface area contributed by atoms with Crippen molar-refractivity contribution in [2.45, 2.75) is 19.9 Å². The smallest absolute Gasteiger partial charge is 0.241 e. The minimum absolute atomic E-state index is 0.00322. The first-order valence-electron chi connectivity index (χ1n) is 7.94. The summed E-state index contributed by atoms with van der Waals surface area (Å²) in [6, 6.07) is 2.20. The van der Waals surface area contributed by atoms with Crippen molar-refractivity contribution in [2.24, 2.45) is 11.7 Å². The van der Waals surface area contributed by atoms with E-state index in [-0.39, 0.29) is 17.9 Å². The van der Waals surface area contributed by atoms with E-state index in [4.69, 9.17) is 5.73 Å². The number of carbonyl (C=O) groups excluding carboxylic acids is 2. The van der Waals surface area contributed by atoms with Gasteiger partial charge in [0.1, 0.15) is 5.65 Å². The van der Waals surface area contributed by atoms with Gasteiger partial charge in [0.05, 0.1) is 17.9 Å². The molecule has 1 fully saturated rings. The fourth-order valence-electron chi connectivity index (χ4n) is 2.64. The molecule has 0 radical (unpaired) electrons. The monoisotopic (exact) mass is 327 g/mol. The molecule has 7 nitrogen and oxygen atoms in total. The molecule has 1 aliphatic rings. The van der Waals surface area contributed by atoms with Gasteiger partial charge in [0.25, 0.3) is 0 Å². The lowest BCUT2D eigenvalue weighted by molar-refractivity contribution is -0.124. The van der Waals surface area contributed by atoms with E-state index in [2.05, 4.69) is 20.2 Å². The average molecular weight is 327 g/mol. The van der Waals surface area contributed by atoms with Crippen molar-refractivity contribution in [1.82, 2.24) is 15.3 Å². The Balaban J connectivity index is 1.72. The number of H-pyrrole nitrogens is 1. The lowest BCUT2D eigenvalue weighted by Crippen LogP contribution is -2.60. The molecule has 0 bridgehead atoms. The van der Waals surface area contributed by atoms with E-state index in [0.29, 0.717) is 0 Å². The Hall–Kier alpha value is -2.83. The maximum atomic E-state index is 11.7. The Morgan fingerprint density at radius 1 is 1.46 bits per heavy atom. The second-order valence-corrected chi connectivity index (χ2v) is 6.33. The Morgan fingerprint density at radius 3 is 2.88 bits per heavy atom. The molecule has 0 aliphatic carbocycles. The number of pyridine rings is 1. The van der Waals surface area contributed by atoms with Gasteiger partial charge in [0.15, 0.2) is 0 Å². The van der Waals surface area contributed by atoms with Gasteiger partial charge in [-0.15, -0.1) is 0 Å². The highest BCUT2D eigenvalue weighted by Crippen LogP contribution is 2.26. The van der Waals surface area contributed by atoms with Crippen LogP contribution in [0.3, 0.4) is 0 Å². The number of primary amides is 1. The van der Waals surface area contributed by atoms with Crippen molar-refractivity contribution in [2.75, 3.05) is 18.0 Å². The van der Waals surface area contributed by atoms with Crippen molar-refractivity contribution in [3.05, 3.63) is 30.1 Å². The van der Waals surface area contributed by atoms with Crippen LogP contribution in [0.2, 0.25) is 0 Å². The molecule has 0 atom stereocenters. The molecule has 126 valence electrons. The second-order valence-electron chi connectivity index (χ2n) is 6.33.